The summed E-state index contributed by atoms with van der Waals surface area (Å²) in [5.41, 5.74) is 7.20. The molecule has 2 N–H and O–H groups in total. The van der Waals surface area contributed by atoms with E-state index in [4.69, 9.17) is 10.2 Å². The summed E-state index contributed by atoms with van der Waals surface area (Å²) >= 11 is 0. The Morgan fingerprint density at radius 1 is 1.44 bits per heavy atom. The molecule has 1 saturated heterocycles. The number of likely N-dealkylation sites (N-methyl/N-ethyl adjacent to an activating group) is 1. The number of aryl methyl sites for hydroxylation is 1. The van der Waals surface area contributed by atoms with E-state index in [1.807, 2.05) is 6.92 Å². The first kappa shape index (κ1) is 13.6. The summed E-state index contributed by atoms with van der Waals surface area (Å²) in [5, 5.41) is 0. The third-order valence-corrected chi connectivity index (χ3v) is 3.84. The van der Waals surface area contributed by atoms with Crippen molar-refractivity contribution in [3.63, 3.8) is 0 Å². The standard InChI is InChI=1S/C14H25N3O/c1-12-13(5-10-18-12)11-16(2)8-9-17-6-3-14(15)4-7-17/h5,10,14H,3-4,6-9,11,15H2,1-2H3. The lowest BCUT2D eigenvalue weighted by Gasteiger charge is -2.31. The van der Waals surface area contributed by atoms with Crippen molar-refractivity contribution in [1.29, 1.82) is 0 Å². The van der Waals surface area contributed by atoms with E-state index in [1.54, 1.807) is 6.26 Å². The smallest absolute Gasteiger partial charge is 0.105 e. The maximum atomic E-state index is 5.91. The number of nitrogens with zero attached hydrogens (tertiary/aromatic N) is 2. The van der Waals surface area contributed by atoms with Gasteiger partial charge in [-0.05, 0) is 46.0 Å². The number of hydrogen-bond acceptors (Lipinski definition) is 4. The van der Waals surface area contributed by atoms with Gasteiger partial charge >= 0.3 is 0 Å². The largest absolute Gasteiger partial charge is 0.469 e. The molecular weight excluding hydrogens is 226 g/mol. The summed E-state index contributed by atoms with van der Waals surface area (Å²) < 4.78 is 5.32. The Morgan fingerprint density at radius 3 is 2.78 bits per heavy atom. The molecule has 1 aliphatic heterocycles. The molecule has 18 heavy (non-hydrogen) atoms. The SMILES string of the molecule is Cc1occc1CN(C)CCN1CCC(N)CC1. The van der Waals surface area contributed by atoms with Crippen LogP contribution in [0.2, 0.25) is 0 Å². The minimum absolute atomic E-state index is 0.424. The zero-order valence-electron chi connectivity index (χ0n) is 11.6. The van der Waals surface area contributed by atoms with Crippen LogP contribution in [0, 0.1) is 6.92 Å². The van der Waals surface area contributed by atoms with Crippen molar-refractivity contribution in [2.45, 2.75) is 32.4 Å². The first-order valence-corrected chi connectivity index (χ1v) is 6.84. The molecule has 4 nitrogen and oxygen atoms in total. The Kier molecular flexibility index (Phi) is 4.80. The van der Waals surface area contributed by atoms with Gasteiger partial charge in [0.05, 0.1) is 6.26 Å². The molecule has 1 aromatic heterocycles. The number of piperidine rings is 1. The van der Waals surface area contributed by atoms with Gasteiger partial charge in [-0.15, -0.1) is 0 Å². The van der Waals surface area contributed by atoms with Gasteiger partial charge in [0.25, 0.3) is 0 Å². The Hall–Kier alpha value is -0.840. The molecule has 0 radical (unpaired) electrons. The Labute approximate surface area is 110 Å². The summed E-state index contributed by atoms with van der Waals surface area (Å²) in [5.74, 6) is 1.03. The second-order valence-corrected chi connectivity index (χ2v) is 5.42. The predicted molar refractivity (Wildman–Crippen MR) is 73.4 cm³/mol. The van der Waals surface area contributed by atoms with Crippen LogP contribution in [-0.4, -0.2) is 49.1 Å². The lowest BCUT2D eigenvalue weighted by Crippen LogP contribution is -2.42. The summed E-state index contributed by atoms with van der Waals surface area (Å²) in [6, 6.07) is 2.48. The van der Waals surface area contributed by atoms with Gasteiger partial charge in [0.15, 0.2) is 0 Å². The molecule has 2 rings (SSSR count). The zero-order valence-corrected chi connectivity index (χ0v) is 11.6. The lowest BCUT2D eigenvalue weighted by atomic mass is 10.1. The van der Waals surface area contributed by atoms with Crippen molar-refractivity contribution in [1.82, 2.24) is 9.80 Å². The quantitative estimate of drug-likeness (QED) is 0.860. The van der Waals surface area contributed by atoms with Gasteiger partial charge in [-0.1, -0.05) is 0 Å². The van der Waals surface area contributed by atoms with Crippen LogP contribution in [-0.2, 0) is 6.54 Å². The number of likely N-dealkylation sites (tertiary alicyclic amines) is 1. The van der Waals surface area contributed by atoms with E-state index in [1.165, 1.54) is 5.56 Å². The third-order valence-electron chi connectivity index (χ3n) is 3.84. The minimum Gasteiger partial charge on any atom is -0.469 e. The molecule has 1 aromatic rings. The van der Waals surface area contributed by atoms with Crippen molar-refractivity contribution in [2.75, 3.05) is 33.2 Å². The van der Waals surface area contributed by atoms with Crippen LogP contribution in [0.3, 0.4) is 0 Å². The van der Waals surface area contributed by atoms with Crippen molar-refractivity contribution in [3.05, 3.63) is 23.7 Å². The molecule has 0 aromatic carbocycles. The van der Waals surface area contributed by atoms with Gasteiger partial charge in [-0.3, -0.25) is 0 Å². The van der Waals surface area contributed by atoms with E-state index < -0.39 is 0 Å². The molecule has 0 unspecified atom stereocenters. The first-order valence-electron chi connectivity index (χ1n) is 6.84. The molecule has 2 heterocycles. The van der Waals surface area contributed by atoms with E-state index in [2.05, 4.69) is 22.9 Å². The second kappa shape index (κ2) is 6.36. The fraction of sp³-hybridized carbons (Fsp3) is 0.714. The van der Waals surface area contributed by atoms with Crippen molar-refractivity contribution in [2.24, 2.45) is 5.73 Å². The number of rotatable bonds is 5. The second-order valence-electron chi connectivity index (χ2n) is 5.42. The summed E-state index contributed by atoms with van der Waals surface area (Å²) in [4.78, 5) is 4.87. The molecule has 1 fully saturated rings. The topological polar surface area (TPSA) is 45.6 Å². The Bertz CT molecular complexity index is 356. The molecule has 0 atom stereocenters. The molecular formula is C14H25N3O. The molecule has 0 aliphatic carbocycles. The molecule has 0 saturated carbocycles. The number of furan rings is 1. The highest BCUT2D eigenvalue weighted by molar-refractivity contribution is 5.14. The number of hydrogen-bond donors (Lipinski definition) is 1. The monoisotopic (exact) mass is 251 g/mol. The van der Waals surface area contributed by atoms with Gasteiger partial charge in [-0.25, -0.2) is 0 Å². The van der Waals surface area contributed by atoms with Gasteiger partial charge in [0, 0.05) is 31.2 Å². The van der Waals surface area contributed by atoms with E-state index >= 15 is 0 Å². The van der Waals surface area contributed by atoms with Gasteiger partial charge in [0.1, 0.15) is 5.76 Å². The van der Waals surface area contributed by atoms with Gasteiger partial charge in [-0.2, -0.15) is 0 Å². The van der Waals surface area contributed by atoms with Crippen LogP contribution in [0.25, 0.3) is 0 Å². The molecule has 102 valence electrons. The minimum atomic E-state index is 0.424. The molecule has 0 amide bonds. The third kappa shape index (κ3) is 3.83. The summed E-state index contributed by atoms with van der Waals surface area (Å²) in [6.07, 6.45) is 4.06. The van der Waals surface area contributed by atoms with E-state index in [0.29, 0.717) is 6.04 Å². The highest BCUT2D eigenvalue weighted by atomic mass is 16.3. The molecule has 0 spiro atoms. The van der Waals surface area contributed by atoms with Gasteiger partial charge in [0.2, 0.25) is 0 Å². The fourth-order valence-corrected chi connectivity index (χ4v) is 2.43. The van der Waals surface area contributed by atoms with Crippen LogP contribution in [0.15, 0.2) is 16.7 Å². The maximum absolute atomic E-state index is 5.91. The van der Waals surface area contributed by atoms with Crippen molar-refractivity contribution < 1.29 is 4.42 Å². The van der Waals surface area contributed by atoms with Crippen LogP contribution in [0.4, 0.5) is 0 Å². The average Bonchev–Trinajstić information content (AvgIpc) is 2.74. The zero-order chi connectivity index (χ0) is 13.0. The molecule has 4 heteroatoms. The van der Waals surface area contributed by atoms with Crippen molar-refractivity contribution >= 4 is 0 Å². The van der Waals surface area contributed by atoms with Crippen LogP contribution in [0.5, 0.6) is 0 Å². The highest BCUT2D eigenvalue weighted by Gasteiger charge is 2.16. The van der Waals surface area contributed by atoms with Crippen molar-refractivity contribution in [3.8, 4) is 0 Å². The van der Waals surface area contributed by atoms with Crippen LogP contribution < -0.4 is 5.73 Å². The number of nitrogens with two attached hydrogens (primary N) is 1. The van der Waals surface area contributed by atoms with Crippen LogP contribution in [0.1, 0.15) is 24.2 Å². The predicted octanol–water partition coefficient (Wildman–Crippen LogP) is 1.44. The van der Waals surface area contributed by atoms with Gasteiger partial charge < -0.3 is 20.0 Å². The first-order chi connectivity index (χ1) is 8.65. The summed E-state index contributed by atoms with van der Waals surface area (Å²) in [6.45, 7) is 7.53. The molecule has 1 aliphatic rings. The highest BCUT2D eigenvalue weighted by Crippen LogP contribution is 2.11. The fourth-order valence-electron chi connectivity index (χ4n) is 2.43. The molecule has 0 bridgehead atoms. The Morgan fingerprint density at radius 2 is 2.17 bits per heavy atom. The Balaban J connectivity index is 1.69. The lowest BCUT2D eigenvalue weighted by molar-refractivity contribution is 0.183. The average molecular weight is 251 g/mol. The van der Waals surface area contributed by atoms with E-state index in [-0.39, 0.29) is 0 Å². The van der Waals surface area contributed by atoms with E-state index in [9.17, 15) is 0 Å². The van der Waals surface area contributed by atoms with E-state index in [0.717, 1.165) is 51.3 Å². The normalized spacial score (nSPS) is 18.7. The maximum Gasteiger partial charge on any atom is 0.105 e. The summed E-state index contributed by atoms with van der Waals surface area (Å²) in [7, 11) is 2.17. The van der Waals surface area contributed by atoms with Crippen LogP contribution >= 0.6 is 0 Å².